The Kier molecular flexibility index (Phi) is 7.04. The van der Waals surface area contributed by atoms with E-state index in [1.54, 1.807) is 9.91 Å². The third-order valence-corrected chi connectivity index (χ3v) is 6.05. The number of rotatable bonds is 6. The zero-order valence-electron chi connectivity index (χ0n) is 18.9. The molecule has 12 nitrogen and oxygen atoms in total. The Bertz CT molecular complexity index is 970. The van der Waals surface area contributed by atoms with Crippen molar-refractivity contribution in [3.05, 3.63) is 29.4 Å². The number of piperidine rings is 1. The molecular formula is C21H31N9O3. The lowest BCUT2D eigenvalue weighted by Gasteiger charge is -2.35. The zero-order valence-corrected chi connectivity index (χ0v) is 18.9. The highest BCUT2D eigenvalue weighted by Crippen LogP contribution is 2.27. The molecule has 0 bridgehead atoms. The van der Waals surface area contributed by atoms with Crippen LogP contribution in [0.4, 0.5) is 5.82 Å². The number of anilines is 1. The second-order valence-corrected chi connectivity index (χ2v) is 8.43. The molecule has 2 atom stereocenters. The van der Waals surface area contributed by atoms with Gasteiger partial charge in [-0.1, -0.05) is 0 Å². The number of nitrogens with one attached hydrogen (secondary N) is 1. The van der Waals surface area contributed by atoms with Crippen LogP contribution in [0.3, 0.4) is 0 Å². The van der Waals surface area contributed by atoms with Gasteiger partial charge in [0.25, 0.3) is 5.91 Å². The maximum absolute atomic E-state index is 13.3. The first-order valence-corrected chi connectivity index (χ1v) is 11.3. The van der Waals surface area contributed by atoms with Crippen molar-refractivity contribution in [2.45, 2.75) is 44.7 Å². The topological polar surface area (TPSA) is 149 Å². The summed E-state index contributed by atoms with van der Waals surface area (Å²) in [5.74, 6) is 1.43. The number of amides is 1. The van der Waals surface area contributed by atoms with Crippen molar-refractivity contribution in [1.29, 1.82) is 0 Å². The van der Waals surface area contributed by atoms with Crippen molar-refractivity contribution in [1.82, 2.24) is 25.1 Å². The minimum absolute atomic E-state index is 0.0987. The standard InChI is InChI=1S/C21H31N9O3/c1-14-12-30(23-2)17(25-20(14)28-9-6-15(22)13-28)11-16-5-3-4-8-29(16)21(32)18-19(24-7-10-31)27-33-26-18/h11-12,15-16,31H,2-10,13,22H2,1H3,(H,24,27)/b17-11-/t15-,16?/m0/s1. The number of hydrogen-bond donors (Lipinski definition) is 3. The van der Waals surface area contributed by atoms with Crippen LogP contribution < -0.4 is 11.1 Å². The molecule has 0 spiro atoms. The molecule has 0 radical (unpaired) electrons. The third kappa shape index (κ3) is 4.91. The SMILES string of the molecule is C=NN1C=C(C)C(N2CC[C@H](N)C2)=N/C1=C/C1CCCCN1C(=O)c1nonc1NCCO. The minimum atomic E-state index is -0.284. The molecule has 4 rings (SSSR count). The molecule has 4 heterocycles. The molecule has 2 saturated heterocycles. The molecule has 2 fully saturated rings. The van der Waals surface area contributed by atoms with Gasteiger partial charge in [-0.05, 0) is 49.0 Å². The van der Waals surface area contributed by atoms with Crippen LogP contribution in [0.2, 0.25) is 0 Å². The number of carbonyl (C=O) groups is 1. The van der Waals surface area contributed by atoms with Crippen LogP contribution in [0.25, 0.3) is 0 Å². The van der Waals surface area contributed by atoms with E-state index >= 15 is 0 Å². The largest absolute Gasteiger partial charge is 0.395 e. The van der Waals surface area contributed by atoms with E-state index in [1.807, 2.05) is 19.2 Å². The monoisotopic (exact) mass is 457 g/mol. The molecule has 1 aromatic rings. The number of aliphatic imine (C=N–C) groups is 1. The van der Waals surface area contributed by atoms with Gasteiger partial charge in [-0.3, -0.25) is 4.79 Å². The molecule has 3 aliphatic heterocycles. The summed E-state index contributed by atoms with van der Waals surface area (Å²) < 4.78 is 4.78. The highest BCUT2D eigenvalue weighted by molar-refractivity contribution is 5.99. The van der Waals surface area contributed by atoms with E-state index in [4.69, 9.17) is 20.5 Å². The lowest BCUT2D eigenvalue weighted by molar-refractivity contribution is 0.0651. The molecule has 0 aromatic carbocycles. The third-order valence-electron chi connectivity index (χ3n) is 6.05. The number of hydrazone groups is 1. The predicted octanol–water partition coefficient (Wildman–Crippen LogP) is 0.576. The summed E-state index contributed by atoms with van der Waals surface area (Å²) in [6.07, 6.45) is 7.44. The van der Waals surface area contributed by atoms with Crippen molar-refractivity contribution in [2.75, 3.05) is 38.1 Å². The summed E-state index contributed by atoms with van der Waals surface area (Å²) in [7, 11) is 0. The Hall–Kier alpha value is -3.25. The maximum atomic E-state index is 13.3. The van der Waals surface area contributed by atoms with E-state index in [9.17, 15) is 4.79 Å². The van der Waals surface area contributed by atoms with Gasteiger partial charge in [0.2, 0.25) is 11.5 Å². The average molecular weight is 458 g/mol. The van der Waals surface area contributed by atoms with Gasteiger partial charge in [-0.2, -0.15) is 5.10 Å². The predicted molar refractivity (Wildman–Crippen MR) is 123 cm³/mol. The average Bonchev–Trinajstić information content (AvgIpc) is 3.47. The summed E-state index contributed by atoms with van der Waals surface area (Å²) in [6, 6.07) is -0.0646. The molecule has 33 heavy (non-hydrogen) atoms. The molecule has 0 aliphatic carbocycles. The van der Waals surface area contributed by atoms with Gasteiger partial charge in [0, 0.05) is 50.7 Å². The van der Waals surface area contributed by atoms with Gasteiger partial charge >= 0.3 is 0 Å². The second kappa shape index (κ2) is 10.1. The van der Waals surface area contributed by atoms with Crippen molar-refractivity contribution in [3.63, 3.8) is 0 Å². The summed E-state index contributed by atoms with van der Waals surface area (Å²) in [6.45, 7) is 8.01. The van der Waals surface area contributed by atoms with Crippen LogP contribution in [0.15, 0.2) is 38.4 Å². The fraction of sp³-hybridized carbons (Fsp3) is 0.571. The Morgan fingerprint density at radius 3 is 2.97 bits per heavy atom. The van der Waals surface area contributed by atoms with Crippen molar-refractivity contribution >= 4 is 24.3 Å². The summed E-state index contributed by atoms with van der Waals surface area (Å²) in [4.78, 5) is 22.2. The van der Waals surface area contributed by atoms with Gasteiger partial charge < -0.3 is 26.0 Å². The van der Waals surface area contributed by atoms with E-state index in [0.717, 1.165) is 50.2 Å². The quantitative estimate of drug-likeness (QED) is 0.521. The smallest absolute Gasteiger partial charge is 0.280 e. The van der Waals surface area contributed by atoms with Gasteiger partial charge in [-0.15, -0.1) is 0 Å². The van der Waals surface area contributed by atoms with Crippen LogP contribution in [-0.4, -0.2) is 93.6 Å². The van der Waals surface area contributed by atoms with E-state index < -0.39 is 0 Å². The Balaban J connectivity index is 1.61. The van der Waals surface area contributed by atoms with Gasteiger partial charge in [0.1, 0.15) is 5.84 Å². The Labute approximate surface area is 192 Å². The van der Waals surface area contributed by atoms with E-state index in [-0.39, 0.29) is 42.7 Å². The highest BCUT2D eigenvalue weighted by Gasteiger charge is 2.32. The van der Waals surface area contributed by atoms with Crippen molar-refractivity contribution in [3.8, 4) is 0 Å². The number of aliphatic hydroxyl groups excluding tert-OH is 1. The van der Waals surface area contributed by atoms with Gasteiger partial charge in [0.15, 0.2) is 5.82 Å². The lowest BCUT2D eigenvalue weighted by Crippen LogP contribution is -2.43. The zero-order chi connectivity index (χ0) is 23.4. The molecule has 4 N–H and O–H groups in total. The summed E-state index contributed by atoms with van der Waals surface area (Å²) in [5.41, 5.74) is 7.19. The van der Waals surface area contributed by atoms with Crippen molar-refractivity contribution < 1.29 is 14.5 Å². The lowest BCUT2D eigenvalue weighted by atomic mass is 10.0. The number of carbonyl (C=O) groups excluding carboxylic acids is 1. The molecule has 1 aromatic heterocycles. The Morgan fingerprint density at radius 1 is 1.39 bits per heavy atom. The molecule has 0 saturated carbocycles. The first-order chi connectivity index (χ1) is 16.0. The first kappa shape index (κ1) is 22.9. The first-order valence-electron chi connectivity index (χ1n) is 11.3. The molecule has 1 amide bonds. The van der Waals surface area contributed by atoms with Crippen LogP contribution in [0.5, 0.6) is 0 Å². The minimum Gasteiger partial charge on any atom is -0.395 e. The van der Waals surface area contributed by atoms with E-state index in [2.05, 4.69) is 32.3 Å². The molecule has 1 unspecified atom stereocenters. The summed E-state index contributed by atoms with van der Waals surface area (Å²) >= 11 is 0. The number of nitrogens with two attached hydrogens (primary N) is 1. The van der Waals surface area contributed by atoms with E-state index in [1.165, 1.54) is 0 Å². The number of likely N-dealkylation sites (tertiary alicyclic amines) is 2. The number of amidine groups is 1. The molecule has 178 valence electrons. The number of nitrogens with zero attached hydrogens (tertiary/aromatic N) is 7. The second-order valence-electron chi connectivity index (χ2n) is 8.43. The maximum Gasteiger partial charge on any atom is 0.280 e. The number of aromatic nitrogens is 2. The van der Waals surface area contributed by atoms with Crippen molar-refractivity contribution in [2.24, 2.45) is 15.8 Å². The fourth-order valence-corrected chi connectivity index (χ4v) is 4.39. The highest BCUT2D eigenvalue weighted by atomic mass is 16.6. The number of aliphatic hydroxyl groups is 1. The van der Waals surface area contributed by atoms with Crippen LogP contribution in [0, 0.1) is 0 Å². The van der Waals surface area contributed by atoms with Crippen LogP contribution in [-0.2, 0) is 0 Å². The van der Waals surface area contributed by atoms with Crippen LogP contribution >= 0.6 is 0 Å². The Morgan fingerprint density at radius 2 is 2.24 bits per heavy atom. The van der Waals surface area contributed by atoms with Gasteiger partial charge in [0.05, 0.1) is 12.6 Å². The number of hydrogen-bond acceptors (Lipinski definition) is 11. The fourth-order valence-electron chi connectivity index (χ4n) is 4.39. The molecule has 3 aliphatic rings. The molecule has 12 heteroatoms. The normalized spacial score (nSPS) is 24.7. The van der Waals surface area contributed by atoms with E-state index in [0.29, 0.717) is 12.4 Å². The van der Waals surface area contributed by atoms with Gasteiger partial charge in [-0.25, -0.2) is 14.6 Å². The summed E-state index contributed by atoms with van der Waals surface area (Å²) in [5, 5.41) is 25.2. The van der Waals surface area contributed by atoms with Crippen LogP contribution in [0.1, 0.15) is 43.1 Å². The molecular weight excluding hydrogens is 426 g/mol.